The highest BCUT2D eigenvalue weighted by Gasteiger charge is 2.40. The van der Waals surface area contributed by atoms with Crippen molar-refractivity contribution in [3.05, 3.63) is 35.4 Å². The molecule has 2 fully saturated rings. The molecule has 1 aromatic carbocycles. The average molecular weight is 254 g/mol. The maximum absolute atomic E-state index is 12.6. The minimum Gasteiger partial charge on any atom is -0.300 e. The lowest BCUT2D eigenvalue weighted by atomic mass is 9.85. The summed E-state index contributed by atoms with van der Waals surface area (Å²) in [6.07, 6.45) is 4.40. The monoisotopic (exact) mass is 254 g/mol. The van der Waals surface area contributed by atoms with E-state index in [2.05, 4.69) is 18.0 Å². The molecular formula is C16H18N2O. The number of carbonyl (C=O) groups excluding carboxylic acids is 1. The van der Waals surface area contributed by atoms with Crippen molar-refractivity contribution in [2.75, 3.05) is 7.05 Å². The number of hydrogen-bond donors (Lipinski definition) is 0. The molecule has 0 aliphatic carbocycles. The molecule has 2 atom stereocenters. The molecule has 0 spiro atoms. The van der Waals surface area contributed by atoms with Gasteiger partial charge in [-0.1, -0.05) is 12.1 Å². The molecule has 2 aliphatic heterocycles. The van der Waals surface area contributed by atoms with Gasteiger partial charge in [-0.2, -0.15) is 5.26 Å². The Morgan fingerprint density at radius 1 is 1.32 bits per heavy atom. The summed E-state index contributed by atoms with van der Waals surface area (Å²) in [6.45, 7) is 0. The lowest BCUT2D eigenvalue weighted by Crippen LogP contribution is -2.42. The van der Waals surface area contributed by atoms with Gasteiger partial charge in [-0.05, 0) is 44.9 Å². The van der Waals surface area contributed by atoms with Gasteiger partial charge >= 0.3 is 0 Å². The number of Topliss-reactive ketones (excluding diaryl/α,β-unsaturated/α-hetero) is 1. The number of piperidine rings is 1. The third-order valence-corrected chi connectivity index (χ3v) is 4.75. The zero-order chi connectivity index (χ0) is 13.4. The van der Waals surface area contributed by atoms with Crippen LogP contribution in [0.25, 0.3) is 0 Å². The average Bonchev–Trinajstić information content (AvgIpc) is 2.68. The summed E-state index contributed by atoms with van der Waals surface area (Å²) < 4.78 is 0. The van der Waals surface area contributed by atoms with Crippen molar-refractivity contribution in [3.63, 3.8) is 0 Å². The first kappa shape index (κ1) is 12.4. The van der Waals surface area contributed by atoms with Crippen LogP contribution in [0.1, 0.15) is 41.6 Å². The highest BCUT2D eigenvalue weighted by atomic mass is 16.1. The van der Waals surface area contributed by atoms with Gasteiger partial charge in [0.1, 0.15) is 0 Å². The Bertz CT molecular complexity index is 532. The molecule has 0 N–H and O–H groups in total. The van der Waals surface area contributed by atoms with Crippen LogP contribution in [0.3, 0.4) is 0 Å². The Morgan fingerprint density at radius 3 is 2.63 bits per heavy atom. The summed E-state index contributed by atoms with van der Waals surface area (Å²) in [5.74, 6) is 0.366. The second-order valence-electron chi connectivity index (χ2n) is 5.78. The maximum Gasteiger partial charge on any atom is 0.166 e. The van der Waals surface area contributed by atoms with Gasteiger partial charge in [0.15, 0.2) is 5.78 Å². The second-order valence-corrected chi connectivity index (χ2v) is 5.78. The summed E-state index contributed by atoms with van der Waals surface area (Å²) >= 11 is 0. The van der Waals surface area contributed by atoms with Crippen molar-refractivity contribution < 1.29 is 4.79 Å². The first-order valence-corrected chi connectivity index (χ1v) is 6.95. The number of ketones is 1. The second kappa shape index (κ2) is 4.79. The third kappa shape index (κ3) is 2.17. The van der Waals surface area contributed by atoms with E-state index in [0.29, 0.717) is 23.2 Å². The summed E-state index contributed by atoms with van der Waals surface area (Å²) in [4.78, 5) is 15.0. The number of fused-ring (bicyclic) bond motifs is 2. The fraction of sp³-hybridized carbons (Fsp3) is 0.500. The fourth-order valence-corrected chi connectivity index (χ4v) is 3.60. The Labute approximate surface area is 113 Å². The molecule has 2 aliphatic rings. The molecule has 2 heterocycles. The zero-order valence-electron chi connectivity index (χ0n) is 11.2. The molecule has 0 saturated carbocycles. The molecule has 98 valence electrons. The fourth-order valence-electron chi connectivity index (χ4n) is 3.60. The molecule has 1 aromatic rings. The molecule has 2 bridgehead atoms. The van der Waals surface area contributed by atoms with Crippen LogP contribution in [0.15, 0.2) is 24.3 Å². The third-order valence-electron chi connectivity index (χ3n) is 4.75. The molecule has 3 heteroatoms. The van der Waals surface area contributed by atoms with E-state index in [9.17, 15) is 4.79 Å². The SMILES string of the molecule is CN1C2CCC1CC(C(=O)c1cccc(C#N)c1)C2. The van der Waals surface area contributed by atoms with Gasteiger partial charge in [-0.3, -0.25) is 4.79 Å². The molecule has 2 unspecified atom stereocenters. The molecular weight excluding hydrogens is 236 g/mol. The van der Waals surface area contributed by atoms with Crippen molar-refractivity contribution in [3.8, 4) is 6.07 Å². The molecule has 19 heavy (non-hydrogen) atoms. The van der Waals surface area contributed by atoms with Crippen LogP contribution in [-0.2, 0) is 0 Å². The summed E-state index contributed by atoms with van der Waals surface area (Å²) in [5.41, 5.74) is 1.27. The van der Waals surface area contributed by atoms with Gasteiger partial charge in [0, 0.05) is 23.6 Å². The van der Waals surface area contributed by atoms with Crippen LogP contribution >= 0.6 is 0 Å². The van der Waals surface area contributed by atoms with Crippen molar-refractivity contribution in [1.82, 2.24) is 4.90 Å². The van der Waals surface area contributed by atoms with E-state index in [1.54, 1.807) is 18.2 Å². The molecule has 0 aromatic heterocycles. The summed E-state index contributed by atoms with van der Waals surface area (Å²) in [5, 5.41) is 8.92. The predicted octanol–water partition coefficient (Wildman–Crippen LogP) is 2.61. The van der Waals surface area contributed by atoms with Crippen LogP contribution in [-0.4, -0.2) is 29.8 Å². The topological polar surface area (TPSA) is 44.1 Å². The van der Waals surface area contributed by atoms with Gasteiger partial charge < -0.3 is 4.90 Å². The van der Waals surface area contributed by atoms with Crippen LogP contribution < -0.4 is 0 Å². The number of nitriles is 1. The summed E-state index contributed by atoms with van der Waals surface area (Å²) in [6, 6.07) is 10.4. The molecule has 3 nitrogen and oxygen atoms in total. The lowest BCUT2D eigenvalue weighted by Gasteiger charge is -2.35. The van der Waals surface area contributed by atoms with Gasteiger partial charge in [-0.15, -0.1) is 0 Å². The predicted molar refractivity (Wildman–Crippen MR) is 72.8 cm³/mol. The van der Waals surface area contributed by atoms with Crippen molar-refractivity contribution >= 4 is 5.78 Å². The Kier molecular flexibility index (Phi) is 3.12. The Hall–Kier alpha value is -1.66. The largest absolute Gasteiger partial charge is 0.300 e. The lowest BCUT2D eigenvalue weighted by molar-refractivity contribution is 0.0767. The van der Waals surface area contributed by atoms with E-state index in [4.69, 9.17) is 5.26 Å². The van der Waals surface area contributed by atoms with Crippen molar-refractivity contribution in [2.45, 2.75) is 37.8 Å². The maximum atomic E-state index is 12.6. The molecule has 0 amide bonds. The van der Waals surface area contributed by atoms with E-state index in [1.807, 2.05) is 6.07 Å². The van der Waals surface area contributed by atoms with E-state index < -0.39 is 0 Å². The van der Waals surface area contributed by atoms with E-state index in [1.165, 1.54) is 12.8 Å². The first-order chi connectivity index (χ1) is 9.19. The Balaban J connectivity index is 1.80. The normalized spacial score (nSPS) is 30.0. The zero-order valence-corrected chi connectivity index (χ0v) is 11.2. The van der Waals surface area contributed by atoms with Gasteiger partial charge in [0.05, 0.1) is 11.6 Å². The Morgan fingerprint density at radius 2 is 2.00 bits per heavy atom. The van der Waals surface area contributed by atoms with Crippen molar-refractivity contribution in [1.29, 1.82) is 5.26 Å². The highest BCUT2D eigenvalue weighted by molar-refractivity contribution is 5.98. The number of nitrogens with zero attached hydrogens (tertiary/aromatic N) is 2. The van der Waals surface area contributed by atoms with E-state index in [0.717, 1.165) is 12.8 Å². The van der Waals surface area contributed by atoms with Crippen molar-refractivity contribution in [2.24, 2.45) is 5.92 Å². The number of rotatable bonds is 2. The molecule has 0 radical (unpaired) electrons. The first-order valence-electron chi connectivity index (χ1n) is 6.95. The van der Waals surface area contributed by atoms with Gasteiger partial charge in [0.25, 0.3) is 0 Å². The highest BCUT2D eigenvalue weighted by Crippen LogP contribution is 2.38. The van der Waals surface area contributed by atoms with Crippen LogP contribution in [0.5, 0.6) is 0 Å². The summed E-state index contributed by atoms with van der Waals surface area (Å²) in [7, 11) is 2.18. The van der Waals surface area contributed by atoms with Gasteiger partial charge in [0.2, 0.25) is 0 Å². The standard InChI is InChI=1S/C16H18N2O/c1-18-14-5-6-15(18)9-13(8-14)16(19)12-4-2-3-11(7-12)10-17/h2-4,7,13-15H,5-6,8-9H2,1H3. The van der Waals surface area contributed by atoms with Crippen LogP contribution in [0, 0.1) is 17.2 Å². The number of benzene rings is 1. The molecule has 3 rings (SSSR count). The van der Waals surface area contributed by atoms with Crippen LogP contribution in [0.2, 0.25) is 0 Å². The quantitative estimate of drug-likeness (QED) is 0.762. The van der Waals surface area contributed by atoms with Crippen LogP contribution in [0.4, 0.5) is 0 Å². The number of hydrogen-bond acceptors (Lipinski definition) is 3. The van der Waals surface area contributed by atoms with E-state index in [-0.39, 0.29) is 11.7 Å². The molecule has 2 saturated heterocycles. The number of carbonyl (C=O) groups is 1. The minimum atomic E-state index is 0.141. The minimum absolute atomic E-state index is 0.141. The van der Waals surface area contributed by atoms with E-state index >= 15 is 0 Å². The van der Waals surface area contributed by atoms with Gasteiger partial charge in [-0.25, -0.2) is 0 Å². The smallest absolute Gasteiger partial charge is 0.166 e.